The molecule has 4 heteroatoms. The van der Waals surface area contributed by atoms with Crippen LogP contribution in [0, 0.1) is 0 Å². The molecule has 0 bridgehead atoms. The van der Waals surface area contributed by atoms with E-state index in [-0.39, 0.29) is 0 Å². The van der Waals surface area contributed by atoms with E-state index in [2.05, 4.69) is 181 Å². The Bertz CT molecular complexity index is 3190. The second kappa shape index (κ2) is 13.1. The SMILES string of the molecule is c1cncc(-c2ccc(-c3nc(-c4ccc(-c5ccc6ccccc6c5)cc4)nc(-c4ccc(-c5ccc6ccc7cccc8ccc5c6c78)cc4)n3)cc2)c1. The van der Waals surface area contributed by atoms with E-state index in [1.807, 2.05) is 12.3 Å². The monoisotopic (exact) mass is 712 g/mol. The highest BCUT2D eigenvalue weighted by Crippen LogP contribution is 2.40. The van der Waals surface area contributed by atoms with Gasteiger partial charge in [0.05, 0.1) is 0 Å². The van der Waals surface area contributed by atoms with E-state index in [4.69, 9.17) is 15.0 Å². The Kier molecular flexibility index (Phi) is 7.46. The number of aromatic nitrogens is 4. The third-order valence-corrected chi connectivity index (χ3v) is 11.0. The van der Waals surface area contributed by atoms with Gasteiger partial charge in [-0.25, -0.2) is 15.0 Å². The van der Waals surface area contributed by atoms with Crippen LogP contribution >= 0.6 is 0 Å². The molecule has 260 valence electrons. The summed E-state index contributed by atoms with van der Waals surface area (Å²) in [5, 5.41) is 10.1. The van der Waals surface area contributed by atoms with Crippen LogP contribution in [-0.2, 0) is 0 Å². The number of rotatable bonds is 6. The maximum atomic E-state index is 5.09. The van der Waals surface area contributed by atoms with Gasteiger partial charge in [0.1, 0.15) is 0 Å². The van der Waals surface area contributed by atoms with Crippen molar-refractivity contribution in [3.63, 3.8) is 0 Å². The lowest BCUT2D eigenvalue weighted by molar-refractivity contribution is 1.07. The van der Waals surface area contributed by atoms with Crippen LogP contribution in [0.25, 0.3) is 111 Å². The summed E-state index contributed by atoms with van der Waals surface area (Å²) in [5.41, 5.74) is 9.59. The molecular formula is C52H32N4. The van der Waals surface area contributed by atoms with Gasteiger partial charge in [0, 0.05) is 29.1 Å². The first-order chi connectivity index (χ1) is 27.7. The molecule has 0 N–H and O–H groups in total. The molecule has 2 heterocycles. The molecule has 0 aliphatic carbocycles. The van der Waals surface area contributed by atoms with Crippen LogP contribution in [0.3, 0.4) is 0 Å². The fraction of sp³-hybridized carbons (Fsp3) is 0. The molecular weight excluding hydrogens is 681 g/mol. The van der Waals surface area contributed by atoms with Crippen molar-refractivity contribution in [2.24, 2.45) is 0 Å². The van der Waals surface area contributed by atoms with Crippen LogP contribution in [0.1, 0.15) is 0 Å². The van der Waals surface area contributed by atoms with Crippen LogP contribution in [0.15, 0.2) is 194 Å². The van der Waals surface area contributed by atoms with Crippen LogP contribution in [0.4, 0.5) is 0 Å². The zero-order valence-electron chi connectivity index (χ0n) is 30.3. The lowest BCUT2D eigenvalue weighted by atomic mass is 9.90. The number of hydrogen-bond acceptors (Lipinski definition) is 4. The van der Waals surface area contributed by atoms with Crippen molar-refractivity contribution >= 4 is 43.1 Å². The van der Waals surface area contributed by atoms with E-state index in [1.54, 1.807) is 6.20 Å². The van der Waals surface area contributed by atoms with Crippen LogP contribution in [0.5, 0.6) is 0 Å². The molecule has 0 fully saturated rings. The molecule has 0 aliphatic heterocycles. The lowest BCUT2D eigenvalue weighted by Gasteiger charge is -2.14. The summed E-state index contributed by atoms with van der Waals surface area (Å²) in [4.78, 5) is 19.5. The van der Waals surface area contributed by atoms with Gasteiger partial charge in [-0.2, -0.15) is 0 Å². The van der Waals surface area contributed by atoms with E-state index in [9.17, 15) is 0 Å². The summed E-state index contributed by atoms with van der Waals surface area (Å²) >= 11 is 0. The second-order valence-corrected chi connectivity index (χ2v) is 14.3. The molecule has 11 aromatic rings. The maximum absolute atomic E-state index is 5.09. The second-order valence-electron chi connectivity index (χ2n) is 14.3. The third-order valence-electron chi connectivity index (χ3n) is 11.0. The fourth-order valence-corrected chi connectivity index (χ4v) is 8.08. The van der Waals surface area contributed by atoms with Crippen molar-refractivity contribution in [1.82, 2.24) is 19.9 Å². The Morgan fingerprint density at radius 1 is 0.286 bits per heavy atom. The first kappa shape index (κ1) is 31.9. The van der Waals surface area contributed by atoms with Gasteiger partial charge < -0.3 is 0 Å². The minimum atomic E-state index is 0.622. The maximum Gasteiger partial charge on any atom is 0.164 e. The molecule has 0 spiro atoms. The van der Waals surface area contributed by atoms with Crippen molar-refractivity contribution in [1.29, 1.82) is 0 Å². The van der Waals surface area contributed by atoms with Crippen molar-refractivity contribution in [2.45, 2.75) is 0 Å². The molecule has 0 saturated carbocycles. The molecule has 56 heavy (non-hydrogen) atoms. The highest BCUT2D eigenvalue weighted by atomic mass is 15.0. The van der Waals surface area contributed by atoms with Crippen LogP contribution < -0.4 is 0 Å². The summed E-state index contributed by atoms with van der Waals surface area (Å²) in [6, 6.07) is 64.6. The number of fused-ring (bicyclic) bond motifs is 1. The van der Waals surface area contributed by atoms with Gasteiger partial charge in [0.25, 0.3) is 0 Å². The molecule has 0 unspecified atom stereocenters. The molecule has 4 nitrogen and oxygen atoms in total. The van der Waals surface area contributed by atoms with Crippen molar-refractivity contribution < 1.29 is 0 Å². The average Bonchev–Trinajstić information content (AvgIpc) is 3.28. The third kappa shape index (κ3) is 5.55. The summed E-state index contributed by atoms with van der Waals surface area (Å²) < 4.78 is 0. The van der Waals surface area contributed by atoms with Gasteiger partial charge in [-0.1, -0.05) is 170 Å². The Morgan fingerprint density at radius 3 is 1.39 bits per heavy atom. The largest absolute Gasteiger partial charge is 0.264 e. The lowest BCUT2D eigenvalue weighted by Crippen LogP contribution is -2.00. The summed E-state index contributed by atoms with van der Waals surface area (Å²) in [6.07, 6.45) is 3.67. The molecule has 0 saturated heterocycles. The first-order valence-electron chi connectivity index (χ1n) is 18.9. The number of nitrogens with zero attached hydrogens (tertiary/aromatic N) is 4. The number of pyridine rings is 1. The Hall–Kier alpha value is -7.56. The smallest absolute Gasteiger partial charge is 0.164 e. The van der Waals surface area contributed by atoms with E-state index in [0.717, 1.165) is 38.9 Å². The molecule has 11 rings (SSSR count). The van der Waals surface area contributed by atoms with E-state index in [1.165, 1.54) is 54.2 Å². The molecule has 0 amide bonds. The molecule has 0 radical (unpaired) electrons. The quantitative estimate of drug-likeness (QED) is 0.161. The molecule has 2 aromatic heterocycles. The minimum Gasteiger partial charge on any atom is -0.264 e. The van der Waals surface area contributed by atoms with Gasteiger partial charge in [-0.05, 0) is 88.6 Å². The Morgan fingerprint density at radius 2 is 0.768 bits per heavy atom. The van der Waals surface area contributed by atoms with Crippen LogP contribution in [0.2, 0.25) is 0 Å². The van der Waals surface area contributed by atoms with Crippen molar-refractivity contribution in [3.05, 3.63) is 194 Å². The predicted molar refractivity (Wildman–Crippen MR) is 231 cm³/mol. The molecule has 0 aliphatic rings. The number of hydrogen-bond donors (Lipinski definition) is 0. The van der Waals surface area contributed by atoms with Gasteiger partial charge in [-0.15, -0.1) is 0 Å². The van der Waals surface area contributed by atoms with Crippen molar-refractivity contribution in [2.75, 3.05) is 0 Å². The highest BCUT2D eigenvalue weighted by Gasteiger charge is 2.15. The Balaban J connectivity index is 0.989. The normalized spacial score (nSPS) is 11.6. The topological polar surface area (TPSA) is 51.6 Å². The van der Waals surface area contributed by atoms with E-state index < -0.39 is 0 Å². The minimum absolute atomic E-state index is 0.622. The van der Waals surface area contributed by atoms with Crippen LogP contribution in [-0.4, -0.2) is 19.9 Å². The zero-order valence-corrected chi connectivity index (χ0v) is 30.3. The molecule has 9 aromatic carbocycles. The van der Waals surface area contributed by atoms with E-state index in [0.29, 0.717) is 17.5 Å². The van der Waals surface area contributed by atoms with E-state index >= 15 is 0 Å². The van der Waals surface area contributed by atoms with Crippen molar-refractivity contribution in [3.8, 4) is 67.5 Å². The van der Waals surface area contributed by atoms with Gasteiger partial charge in [-0.3, -0.25) is 4.98 Å². The summed E-state index contributed by atoms with van der Waals surface area (Å²) in [6.45, 7) is 0. The summed E-state index contributed by atoms with van der Waals surface area (Å²) in [7, 11) is 0. The Labute approximate surface area is 323 Å². The average molecular weight is 713 g/mol. The summed E-state index contributed by atoms with van der Waals surface area (Å²) in [5.74, 6) is 1.88. The highest BCUT2D eigenvalue weighted by molar-refractivity contribution is 6.25. The zero-order chi connectivity index (χ0) is 37.0. The fourth-order valence-electron chi connectivity index (χ4n) is 8.08. The van der Waals surface area contributed by atoms with Gasteiger partial charge >= 0.3 is 0 Å². The predicted octanol–water partition coefficient (Wildman–Crippen LogP) is 13.3. The standard InChI is InChI=1S/C52H32N4/c1-2-6-43-31-44(25-14-33(43)5-1)34-10-19-40(20-11-34)50-54-51(41-21-12-35(13-22-41)45-9-4-30-53-32-45)56-52(55-50)42-23-15-36(16-24-42)46-28-26-39-18-17-37-7-3-8-38-27-29-47(46)49(39)48(37)38/h1-32H. The number of benzene rings is 9. The molecule has 0 atom stereocenters. The van der Waals surface area contributed by atoms with Gasteiger partial charge in [0.2, 0.25) is 0 Å². The van der Waals surface area contributed by atoms with Gasteiger partial charge in [0.15, 0.2) is 17.5 Å². The first-order valence-corrected chi connectivity index (χ1v) is 18.9.